The quantitative estimate of drug-likeness (QED) is 0.627. The van der Waals surface area contributed by atoms with E-state index < -0.39 is 37.9 Å². The highest BCUT2D eigenvalue weighted by atomic mass is 32.2. The van der Waals surface area contributed by atoms with Crippen LogP contribution in [0, 0.1) is 0 Å². The summed E-state index contributed by atoms with van der Waals surface area (Å²) < 4.78 is 36.1. The number of hydrogen-bond donors (Lipinski definition) is 2. The number of ether oxygens (including phenoxy) is 1. The summed E-state index contributed by atoms with van der Waals surface area (Å²) in [6.45, 7) is 3.37. The molecule has 1 unspecified atom stereocenters. The van der Waals surface area contributed by atoms with Gasteiger partial charge in [0.15, 0.2) is 0 Å². The number of carbonyl (C=O) groups is 2. The number of thiophene rings is 1. The summed E-state index contributed by atoms with van der Waals surface area (Å²) in [5.74, 6) is -2.36. The normalized spacial score (nSPS) is 13.0. The summed E-state index contributed by atoms with van der Waals surface area (Å²) in [5, 5.41) is 8.78. The van der Waals surface area contributed by atoms with Crippen molar-refractivity contribution in [3.8, 4) is 0 Å². The molecular weight excluding hydrogens is 296 g/mol. The van der Waals surface area contributed by atoms with Crippen LogP contribution in [-0.4, -0.2) is 36.1 Å². The van der Waals surface area contributed by atoms with E-state index in [1.165, 1.54) is 0 Å². The van der Waals surface area contributed by atoms with Crippen LogP contribution in [-0.2, 0) is 14.9 Å². The second kappa shape index (κ2) is 5.68. The lowest BCUT2D eigenvalue weighted by molar-refractivity contribution is 0.0335. The molecule has 1 heterocycles. The van der Waals surface area contributed by atoms with E-state index in [0.717, 1.165) is 6.07 Å². The van der Waals surface area contributed by atoms with E-state index in [1.54, 1.807) is 13.8 Å². The zero-order valence-electron chi connectivity index (χ0n) is 10.1. The highest BCUT2D eigenvalue weighted by Crippen LogP contribution is 2.27. The van der Waals surface area contributed by atoms with Crippen molar-refractivity contribution in [1.82, 2.24) is 0 Å². The Labute approximate surface area is 113 Å². The number of esters is 1. The molecule has 0 aliphatic carbocycles. The number of hydrogen-bond acceptors (Lipinski definition) is 6. The number of carboxylic acids is 1. The van der Waals surface area contributed by atoms with Crippen LogP contribution in [0.4, 0.5) is 0 Å². The van der Waals surface area contributed by atoms with Crippen LogP contribution in [0.25, 0.3) is 0 Å². The molecule has 0 aliphatic heterocycles. The van der Waals surface area contributed by atoms with Crippen molar-refractivity contribution in [2.75, 3.05) is 0 Å². The number of carbonyl (C=O) groups excluding carboxylic acids is 1. The molecule has 1 aromatic heterocycles. The topological polar surface area (TPSA) is 118 Å². The standard InChI is InChI=1S/C10H12O7S2/c1-3-5(2)17-10(13)8-7(19(14,15)16)4-6(18-8)9(11)12/h4-5H,3H2,1-2H3,(H,11,12)(H,14,15,16). The van der Waals surface area contributed by atoms with Gasteiger partial charge in [-0.1, -0.05) is 6.92 Å². The molecule has 0 radical (unpaired) electrons. The molecular formula is C10H12O7S2. The van der Waals surface area contributed by atoms with Gasteiger partial charge < -0.3 is 9.84 Å². The van der Waals surface area contributed by atoms with Crippen molar-refractivity contribution in [2.24, 2.45) is 0 Å². The molecule has 1 aromatic rings. The second-order valence-corrected chi connectivity index (χ2v) is 6.15. The van der Waals surface area contributed by atoms with Crippen LogP contribution in [0.3, 0.4) is 0 Å². The highest BCUT2D eigenvalue weighted by Gasteiger charge is 2.28. The first-order chi connectivity index (χ1) is 8.66. The SMILES string of the molecule is CCC(C)OC(=O)c1sc(C(=O)O)cc1S(=O)(=O)O. The van der Waals surface area contributed by atoms with Crippen molar-refractivity contribution in [3.63, 3.8) is 0 Å². The molecule has 19 heavy (non-hydrogen) atoms. The fourth-order valence-electron chi connectivity index (χ4n) is 1.13. The van der Waals surface area contributed by atoms with Crippen molar-refractivity contribution >= 4 is 33.4 Å². The monoisotopic (exact) mass is 308 g/mol. The molecule has 0 bridgehead atoms. The fraction of sp³-hybridized carbons (Fsp3) is 0.400. The van der Waals surface area contributed by atoms with Gasteiger partial charge in [0.1, 0.15) is 14.6 Å². The maximum absolute atomic E-state index is 11.7. The van der Waals surface area contributed by atoms with Gasteiger partial charge in [0, 0.05) is 0 Å². The summed E-state index contributed by atoms with van der Waals surface area (Å²) in [6, 6.07) is 0.732. The minimum atomic E-state index is -4.69. The number of rotatable bonds is 5. The van der Waals surface area contributed by atoms with Crippen molar-refractivity contribution in [1.29, 1.82) is 0 Å². The lowest BCUT2D eigenvalue weighted by Crippen LogP contribution is -2.15. The Morgan fingerprint density at radius 1 is 1.47 bits per heavy atom. The predicted molar refractivity (Wildman–Crippen MR) is 66.3 cm³/mol. The van der Waals surface area contributed by atoms with Gasteiger partial charge >= 0.3 is 11.9 Å². The third kappa shape index (κ3) is 3.75. The second-order valence-electron chi connectivity index (χ2n) is 3.71. The Hall–Kier alpha value is -1.45. The van der Waals surface area contributed by atoms with Gasteiger partial charge in [-0.15, -0.1) is 11.3 Å². The minimum absolute atomic E-state index is 0.372. The molecule has 1 rings (SSSR count). The molecule has 0 amide bonds. The van der Waals surface area contributed by atoms with E-state index in [9.17, 15) is 18.0 Å². The van der Waals surface area contributed by atoms with Crippen LogP contribution < -0.4 is 0 Å². The summed E-state index contributed by atoms with van der Waals surface area (Å²) >= 11 is 0.442. The van der Waals surface area contributed by atoms with Crippen molar-refractivity contribution < 1.29 is 32.4 Å². The first kappa shape index (κ1) is 15.6. The largest absolute Gasteiger partial charge is 0.477 e. The van der Waals surface area contributed by atoms with Crippen LogP contribution in [0.5, 0.6) is 0 Å². The molecule has 0 aromatic carbocycles. The molecule has 0 saturated carbocycles. The molecule has 1 atom stereocenters. The zero-order valence-corrected chi connectivity index (χ0v) is 11.7. The van der Waals surface area contributed by atoms with E-state index >= 15 is 0 Å². The van der Waals surface area contributed by atoms with E-state index in [-0.39, 0.29) is 4.88 Å². The number of carboxylic acid groups (broad SMARTS) is 1. The first-order valence-corrected chi connectivity index (χ1v) is 7.48. The van der Waals surface area contributed by atoms with Gasteiger partial charge in [0.2, 0.25) is 0 Å². The molecule has 0 fully saturated rings. The fourth-order valence-corrected chi connectivity index (χ4v) is 3.01. The molecule has 9 heteroatoms. The van der Waals surface area contributed by atoms with Gasteiger partial charge in [-0.2, -0.15) is 8.42 Å². The third-order valence-electron chi connectivity index (χ3n) is 2.26. The predicted octanol–water partition coefficient (Wildman–Crippen LogP) is 1.65. The van der Waals surface area contributed by atoms with Crippen molar-refractivity contribution in [3.05, 3.63) is 15.8 Å². The van der Waals surface area contributed by atoms with Gasteiger partial charge in [0.05, 0.1) is 6.10 Å². The van der Waals surface area contributed by atoms with E-state index in [0.29, 0.717) is 17.8 Å². The Bertz CT molecular complexity index is 599. The van der Waals surface area contributed by atoms with Crippen LogP contribution >= 0.6 is 11.3 Å². The Kier molecular flexibility index (Phi) is 4.66. The average molecular weight is 308 g/mol. The third-order valence-corrected chi connectivity index (χ3v) is 4.37. The molecule has 0 saturated heterocycles. The highest BCUT2D eigenvalue weighted by molar-refractivity contribution is 7.86. The van der Waals surface area contributed by atoms with E-state index in [2.05, 4.69) is 0 Å². The molecule has 106 valence electrons. The lowest BCUT2D eigenvalue weighted by Gasteiger charge is -2.10. The van der Waals surface area contributed by atoms with E-state index in [1.807, 2.05) is 0 Å². The van der Waals surface area contributed by atoms with Crippen LogP contribution in [0.1, 0.15) is 39.6 Å². The van der Waals surface area contributed by atoms with Gasteiger partial charge in [-0.25, -0.2) is 9.59 Å². The smallest absolute Gasteiger partial charge is 0.350 e. The van der Waals surface area contributed by atoms with Gasteiger partial charge in [0.25, 0.3) is 10.1 Å². The summed E-state index contributed by atoms with van der Waals surface area (Å²) in [6.07, 6.45) is 0.0709. The van der Waals surface area contributed by atoms with Crippen molar-refractivity contribution in [2.45, 2.75) is 31.3 Å². The molecule has 7 nitrogen and oxygen atoms in total. The Morgan fingerprint density at radius 3 is 2.47 bits per heavy atom. The average Bonchev–Trinajstić information content (AvgIpc) is 2.73. The zero-order chi connectivity index (χ0) is 14.8. The van der Waals surface area contributed by atoms with Crippen LogP contribution in [0.2, 0.25) is 0 Å². The summed E-state index contributed by atoms with van der Waals surface area (Å²) in [4.78, 5) is 21.0. The van der Waals surface area contributed by atoms with Crippen LogP contribution in [0.15, 0.2) is 11.0 Å². The summed E-state index contributed by atoms with van der Waals surface area (Å²) in [5.41, 5.74) is 0. The first-order valence-electron chi connectivity index (χ1n) is 5.22. The molecule has 2 N–H and O–H groups in total. The van der Waals surface area contributed by atoms with Gasteiger partial charge in [-0.3, -0.25) is 4.55 Å². The molecule has 0 aliphatic rings. The Balaban J connectivity index is 3.26. The van der Waals surface area contributed by atoms with E-state index in [4.69, 9.17) is 14.4 Å². The minimum Gasteiger partial charge on any atom is -0.477 e. The summed E-state index contributed by atoms with van der Waals surface area (Å²) in [7, 11) is -4.69. The lowest BCUT2D eigenvalue weighted by atomic mass is 10.3. The Morgan fingerprint density at radius 2 is 2.05 bits per heavy atom. The maximum atomic E-state index is 11.7. The number of aromatic carboxylic acids is 1. The molecule has 0 spiro atoms. The maximum Gasteiger partial charge on any atom is 0.350 e. The van der Waals surface area contributed by atoms with Gasteiger partial charge in [-0.05, 0) is 19.4 Å².